The largest absolute Gasteiger partial charge is 0.480 e. The van der Waals surface area contributed by atoms with Crippen molar-refractivity contribution in [1.29, 1.82) is 0 Å². The van der Waals surface area contributed by atoms with E-state index in [9.17, 15) is 9.59 Å². The molecule has 1 atom stereocenters. The Morgan fingerprint density at radius 3 is 2.68 bits per heavy atom. The second-order valence-electron chi connectivity index (χ2n) is 5.01. The molecule has 19 heavy (non-hydrogen) atoms. The lowest BCUT2D eigenvalue weighted by atomic mass is 10.1. The lowest BCUT2D eigenvalue weighted by molar-refractivity contribution is -0.139. The predicted octanol–water partition coefficient (Wildman–Crippen LogP) is 1.68. The lowest BCUT2D eigenvalue weighted by Crippen LogP contribution is -2.48. The number of urea groups is 1. The molecule has 106 valence electrons. The van der Waals surface area contributed by atoms with E-state index in [1.54, 1.807) is 0 Å². The zero-order valence-corrected chi connectivity index (χ0v) is 11.4. The highest BCUT2D eigenvalue weighted by Gasteiger charge is 2.28. The van der Waals surface area contributed by atoms with Crippen LogP contribution in [-0.4, -0.2) is 41.1 Å². The third-order valence-corrected chi connectivity index (χ3v) is 3.19. The lowest BCUT2D eigenvalue weighted by Gasteiger charge is -2.23. The topological polar surface area (TPSA) is 69.6 Å². The van der Waals surface area contributed by atoms with Crippen molar-refractivity contribution in [3.8, 4) is 12.3 Å². The van der Waals surface area contributed by atoms with Gasteiger partial charge in [0.2, 0.25) is 0 Å². The van der Waals surface area contributed by atoms with Crippen LogP contribution in [0.1, 0.15) is 39.0 Å². The number of carbonyl (C=O) groups excluding carboxylic acids is 1. The first kappa shape index (κ1) is 15.4. The van der Waals surface area contributed by atoms with Gasteiger partial charge in [-0.1, -0.05) is 25.7 Å². The highest BCUT2D eigenvalue weighted by molar-refractivity contribution is 5.82. The van der Waals surface area contributed by atoms with Crippen LogP contribution in [0.15, 0.2) is 0 Å². The average molecular weight is 266 g/mol. The highest BCUT2D eigenvalue weighted by atomic mass is 16.4. The zero-order chi connectivity index (χ0) is 14.3. The number of unbranched alkanes of at least 4 members (excludes halogenated alkanes) is 1. The van der Waals surface area contributed by atoms with Crippen LogP contribution in [0, 0.1) is 18.3 Å². The smallest absolute Gasteiger partial charge is 0.326 e. The number of aliphatic carboxylic acids is 1. The summed E-state index contributed by atoms with van der Waals surface area (Å²) in [4.78, 5) is 24.6. The Morgan fingerprint density at radius 2 is 2.21 bits per heavy atom. The fraction of sp³-hybridized carbons (Fsp3) is 0.714. The molecule has 0 spiro atoms. The molecule has 0 aliphatic heterocycles. The number of terminal acetylenes is 1. The normalized spacial score (nSPS) is 15.4. The fourth-order valence-electron chi connectivity index (χ4n) is 1.85. The first-order valence-electron chi connectivity index (χ1n) is 6.80. The van der Waals surface area contributed by atoms with E-state index in [0.717, 1.165) is 25.7 Å². The summed E-state index contributed by atoms with van der Waals surface area (Å²) >= 11 is 0. The monoisotopic (exact) mass is 266 g/mol. The maximum atomic E-state index is 12.0. The Kier molecular flexibility index (Phi) is 6.20. The van der Waals surface area contributed by atoms with Gasteiger partial charge in [-0.25, -0.2) is 9.59 Å². The average Bonchev–Trinajstić information content (AvgIpc) is 3.17. The van der Waals surface area contributed by atoms with E-state index in [4.69, 9.17) is 11.5 Å². The number of rotatable bonds is 8. The van der Waals surface area contributed by atoms with E-state index in [2.05, 4.69) is 11.2 Å². The molecule has 1 saturated carbocycles. The molecule has 0 aromatic heterocycles. The first-order valence-corrected chi connectivity index (χ1v) is 6.80. The fourth-order valence-corrected chi connectivity index (χ4v) is 1.85. The molecule has 0 aromatic carbocycles. The second kappa shape index (κ2) is 7.67. The van der Waals surface area contributed by atoms with E-state index < -0.39 is 12.0 Å². The number of carbonyl (C=O) groups is 2. The molecule has 2 amide bonds. The van der Waals surface area contributed by atoms with Gasteiger partial charge in [-0.3, -0.25) is 0 Å². The van der Waals surface area contributed by atoms with Crippen LogP contribution in [-0.2, 0) is 4.79 Å². The standard InChI is InChI=1S/C14H22N2O3/c1-3-5-6-12(13(17)18)15-14(19)16(9-4-2)10-11-7-8-11/h2,11-12H,3,5-10H2,1H3,(H,15,19)(H,17,18). The molecule has 2 N–H and O–H groups in total. The van der Waals surface area contributed by atoms with Gasteiger partial charge in [-0.05, 0) is 25.2 Å². The number of carboxylic acid groups (broad SMARTS) is 1. The van der Waals surface area contributed by atoms with Gasteiger partial charge in [-0.2, -0.15) is 0 Å². The molecule has 0 radical (unpaired) electrons. The summed E-state index contributed by atoms with van der Waals surface area (Å²) in [6.45, 7) is 2.83. The van der Waals surface area contributed by atoms with Crippen LogP contribution < -0.4 is 5.32 Å². The quantitative estimate of drug-likeness (QED) is 0.657. The minimum absolute atomic E-state index is 0.225. The van der Waals surface area contributed by atoms with E-state index in [1.165, 1.54) is 4.90 Å². The molecule has 0 aromatic rings. The summed E-state index contributed by atoms with van der Waals surface area (Å²) in [5, 5.41) is 11.6. The number of carboxylic acids is 1. The Bertz CT molecular complexity index is 358. The molecule has 0 bridgehead atoms. The number of hydrogen-bond acceptors (Lipinski definition) is 2. The number of nitrogens with zero attached hydrogens (tertiary/aromatic N) is 1. The first-order chi connectivity index (χ1) is 9.08. The van der Waals surface area contributed by atoms with Crippen LogP contribution in [0.25, 0.3) is 0 Å². The summed E-state index contributed by atoms with van der Waals surface area (Å²) in [6, 6.07) is -1.19. The molecule has 5 heteroatoms. The van der Waals surface area contributed by atoms with E-state index >= 15 is 0 Å². The minimum Gasteiger partial charge on any atom is -0.480 e. The van der Waals surface area contributed by atoms with E-state index in [0.29, 0.717) is 18.9 Å². The van der Waals surface area contributed by atoms with Crippen LogP contribution >= 0.6 is 0 Å². The zero-order valence-electron chi connectivity index (χ0n) is 11.4. The molecule has 5 nitrogen and oxygen atoms in total. The van der Waals surface area contributed by atoms with Crippen molar-refractivity contribution in [3.05, 3.63) is 0 Å². The third-order valence-electron chi connectivity index (χ3n) is 3.19. The van der Waals surface area contributed by atoms with Crippen molar-refractivity contribution in [2.75, 3.05) is 13.1 Å². The Hall–Kier alpha value is -1.70. The van der Waals surface area contributed by atoms with E-state index in [1.807, 2.05) is 6.92 Å². The summed E-state index contributed by atoms with van der Waals surface area (Å²) in [6.07, 6.45) is 9.60. The van der Waals surface area contributed by atoms with Gasteiger partial charge in [0.15, 0.2) is 0 Å². The molecule has 1 rings (SSSR count). The molecular weight excluding hydrogens is 244 g/mol. The summed E-state index contributed by atoms with van der Waals surface area (Å²) in [5.41, 5.74) is 0. The van der Waals surface area contributed by atoms with Gasteiger partial charge < -0.3 is 15.3 Å². The number of amides is 2. The molecular formula is C14H22N2O3. The Morgan fingerprint density at radius 1 is 1.53 bits per heavy atom. The van der Waals surface area contributed by atoms with Gasteiger partial charge in [-0.15, -0.1) is 6.42 Å². The second-order valence-corrected chi connectivity index (χ2v) is 5.01. The number of hydrogen-bond donors (Lipinski definition) is 2. The minimum atomic E-state index is -0.992. The number of nitrogens with one attached hydrogen (secondary N) is 1. The van der Waals surface area contributed by atoms with Crippen molar-refractivity contribution in [3.63, 3.8) is 0 Å². The van der Waals surface area contributed by atoms with Crippen molar-refractivity contribution < 1.29 is 14.7 Å². The Balaban J connectivity index is 2.51. The van der Waals surface area contributed by atoms with Gasteiger partial charge in [0.05, 0.1) is 6.54 Å². The molecule has 1 aliphatic rings. The van der Waals surface area contributed by atoms with Crippen molar-refractivity contribution in [2.45, 2.75) is 45.1 Å². The highest BCUT2D eigenvalue weighted by Crippen LogP contribution is 2.29. The van der Waals surface area contributed by atoms with Gasteiger partial charge in [0, 0.05) is 6.54 Å². The summed E-state index contributed by atoms with van der Waals surface area (Å²) in [7, 11) is 0. The third kappa shape index (κ3) is 5.64. The molecule has 1 fully saturated rings. The van der Waals surface area contributed by atoms with Crippen LogP contribution in [0.5, 0.6) is 0 Å². The molecule has 0 heterocycles. The summed E-state index contributed by atoms with van der Waals surface area (Å²) in [5.74, 6) is 1.98. The maximum absolute atomic E-state index is 12.0. The Labute approximate surface area is 114 Å². The van der Waals surface area contributed by atoms with Gasteiger partial charge >= 0.3 is 12.0 Å². The summed E-state index contributed by atoms with van der Waals surface area (Å²) < 4.78 is 0. The van der Waals surface area contributed by atoms with Gasteiger partial charge in [0.1, 0.15) is 6.04 Å². The predicted molar refractivity (Wildman–Crippen MR) is 72.6 cm³/mol. The molecule has 1 aliphatic carbocycles. The van der Waals surface area contributed by atoms with Gasteiger partial charge in [0.25, 0.3) is 0 Å². The van der Waals surface area contributed by atoms with Crippen LogP contribution in [0.4, 0.5) is 4.79 Å². The van der Waals surface area contributed by atoms with Crippen molar-refractivity contribution in [2.24, 2.45) is 5.92 Å². The molecule has 1 unspecified atom stereocenters. The SMILES string of the molecule is C#CCN(CC1CC1)C(=O)NC(CCCC)C(=O)O. The van der Waals surface area contributed by atoms with Crippen LogP contribution in [0.2, 0.25) is 0 Å². The van der Waals surface area contributed by atoms with Crippen molar-refractivity contribution in [1.82, 2.24) is 10.2 Å². The van der Waals surface area contributed by atoms with Crippen molar-refractivity contribution >= 4 is 12.0 Å². The van der Waals surface area contributed by atoms with Crippen LogP contribution in [0.3, 0.4) is 0 Å². The molecule has 0 saturated heterocycles. The van der Waals surface area contributed by atoms with E-state index in [-0.39, 0.29) is 12.6 Å². The maximum Gasteiger partial charge on any atom is 0.326 e.